The molecule has 0 fully saturated rings. The Kier molecular flexibility index (Phi) is 7.01. The monoisotopic (exact) mass is 457 g/mol. The van der Waals surface area contributed by atoms with Gasteiger partial charge in [-0.2, -0.15) is 9.57 Å². The summed E-state index contributed by atoms with van der Waals surface area (Å²) in [7, 11) is -3.46. The molecule has 0 aliphatic carbocycles. The van der Waals surface area contributed by atoms with E-state index in [0.717, 1.165) is 22.5 Å². The molecule has 3 aromatic rings. The van der Waals surface area contributed by atoms with Crippen LogP contribution in [0.5, 0.6) is 0 Å². The number of fused-ring (bicyclic) bond motifs is 1. The highest BCUT2D eigenvalue weighted by Crippen LogP contribution is 2.31. The zero-order chi connectivity index (χ0) is 21.1. The number of imidazole rings is 1. The van der Waals surface area contributed by atoms with E-state index >= 15 is 0 Å². The zero-order valence-corrected chi connectivity index (χ0v) is 18.7. The minimum atomic E-state index is -3.46. The third-order valence-electron chi connectivity index (χ3n) is 5.37. The molecule has 1 aromatic heterocycles. The van der Waals surface area contributed by atoms with Gasteiger partial charge in [-0.3, -0.25) is 0 Å². The Morgan fingerprint density at radius 2 is 2.00 bits per heavy atom. The lowest BCUT2D eigenvalue weighted by Crippen LogP contribution is -2.45. The molecule has 2 heterocycles. The first-order chi connectivity index (χ1) is 14.4. The number of hydrogen-bond donors (Lipinski definition) is 1. The molecular weight excluding hydrogens is 434 g/mol. The van der Waals surface area contributed by atoms with Crippen molar-refractivity contribution in [3.05, 3.63) is 83.4 Å². The van der Waals surface area contributed by atoms with Crippen LogP contribution < -0.4 is 4.90 Å². The molecule has 162 valence electrons. The maximum absolute atomic E-state index is 12.8. The van der Waals surface area contributed by atoms with Gasteiger partial charge in [-0.15, -0.1) is 12.4 Å². The number of aromatic amines is 1. The number of nitriles is 1. The summed E-state index contributed by atoms with van der Waals surface area (Å²) < 4.78 is 27.1. The molecule has 0 saturated carbocycles. The smallest absolute Gasteiger partial charge is 0.211 e. The van der Waals surface area contributed by atoms with E-state index in [0.29, 0.717) is 25.1 Å². The highest BCUT2D eigenvalue weighted by atomic mass is 35.5. The van der Waals surface area contributed by atoms with E-state index in [9.17, 15) is 13.7 Å². The standard InChI is InChI=1S/C22H23N5O2S.ClH/c1-30(28,29)27-13-19-9-18(11-23)7-8-22(19)26(14-20-12-24-16-25-20)15-21(27)10-17-5-3-2-4-6-17;/h2-9,12,16,21H,10,13-15H2,1H3,(H,24,25);1H/t21-;/m1./s1. The van der Waals surface area contributed by atoms with Crippen LogP contribution in [0.1, 0.15) is 22.4 Å². The lowest BCUT2D eigenvalue weighted by molar-refractivity contribution is 0.320. The first kappa shape index (κ1) is 22.8. The SMILES string of the molecule is CS(=O)(=O)N1Cc2cc(C#N)ccc2N(Cc2cnc[nH]2)C[C@H]1Cc1ccccc1.Cl. The van der Waals surface area contributed by atoms with E-state index in [1.54, 1.807) is 29.0 Å². The molecule has 1 atom stereocenters. The van der Waals surface area contributed by atoms with Crippen LogP contribution in [0, 0.1) is 11.3 Å². The number of hydrogen-bond acceptors (Lipinski definition) is 5. The molecule has 9 heteroatoms. The molecule has 2 aromatic carbocycles. The van der Waals surface area contributed by atoms with Gasteiger partial charge in [-0.05, 0) is 35.7 Å². The van der Waals surface area contributed by atoms with E-state index in [-0.39, 0.29) is 25.0 Å². The van der Waals surface area contributed by atoms with Gasteiger partial charge in [-0.25, -0.2) is 13.4 Å². The van der Waals surface area contributed by atoms with E-state index in [2.05, 4.69) is 20.9 Å². The summed E-state index contributed by atoms with van der Waals surface area (Å²) in [5.74, 6) is 0. The average Bonchev–Trinajstić information content (AvgIpc) is 3.18. The summed E-state index contributed by atoms with van der Waals surface area (Å²) in [6.45, 7) is 1.34. The van der Waals surface area contributed by atoms with Gasteiger partial charge in [0.15, 0.2) is 0 Å². The van der Waals surface area contributed by atoms with Crippen LogP contribution in [0.2, 0.25) is 0 Å². The van der Waals surface area contributed by atoms with Gasteiger partial charge in [0, 0.05) is 31.0 Å². The molecule has 0 radical (unpaired) electrons. The number of benzene rings is 2. The van der Waals surface area contributed by atoms with Crippen molar-refractivity contribution in [2.24, 2.45) is 0 Å². The molecule has 4 rings (SSSR count). The molecule has 1 aliphatic rings. The lowest BCUT2D eigenvalue weighted by atomic mass is 10.1. The molecule has 7 nitrogen and oxygen atoms in total. The van der Waals surface area contributed by atoms with Gasteiger partial charge in [0.25, 0.3) is 0 Å². The zero-order valence-electron chi connectivity index (χ0n) is 17.1. The van der Waals surface area contributed by atoms with Crippen LogP contribution in [0.4, 0.5) is 5.69 Å². The van der Waals surface area contributed by atoms with Crippen LogP contribution in [0.25, 0.3) is 0 Å². The number of aromatic nitrogens is 2. The van der Waals surface area contributed by atoms with Gasteiger partial charge in [0.2, 0.25) is 10.0 Å². The third kappa shape index (κ3) is 5.25. The predicted molar refractivity (Wildman–Crippen MR) is 122 cm³/mol. The first-order valence-electron chi connectivity index (χ1n) is 9.70. The summed E-state index contributed by atoms with van der Waals surface area (Å²) in [5.41, 5.74) is 4.31. The summed E-state index contributed by atoms with van der Waals surface area (Å²) in [6, 6.07) is 17.3. The number of sulfonamides is 1. The third-order valence-corrected chi connectivity index (χ3v) is 6.65. The van der Waals surface area contributed by atoms with Crippen molar-refractivity contribution in [3.8, 4) is 6.07 Å². The number of nitrogens with one attached hydrogen (secondary N) is 1. The topological polar surface area (TPSA) is 93.1 Å². The fourth-order valence-corrected chi connectivity index (χ4v) is 5.05. The van der Waals surface area contributed by atoms with Crippen molar-refractivity contribution >= 4 is 28.1 Å². The normalized spacial score (nSPS) is 16.6. The van der Waals surface area contributed by atoms with Gasteiger partial charge >= 0.3 is 0 Å². The molecule has 0 amide bonds. The number of nitrogens with zero attached hydrogens (tertiary/aromatic N) is 4. The molecule has 0 saturated heterocycles. The van der Waals surface area contributed by atoms with E-state index < -0.39 is 10.0 Å². The van der Waals surface area contributed by atoms with Crippen molar-refractivity contribution < 1.29 is 8.42 Å². The Hall–Kier alpha value is -2.86. The van der Waals surface area contributed by atoms with Gasteiger partial charge < -0.3 is 9.88 Å². The fourth-order valence-electron chi connectivity index (χ4n) is 4.00. The van der Waals surface area contributed by atoms with Crippen LogP contribution >= 0.6 is 12.4 Å². The number of rotatable bonds is 5. The number of H-pyrrole nitrogens is 1. The maximum atomic E-state index is 12.8. The van der Waals surface area contributed by atoms with E-state index in [1.807, 2.05) is 36.4 Å². The minimum Gasteiger partial charge on any atom is -0.364 e. The lowest BCUT2D eigenvalue weighted by Gasteiger charge is -2.31. The van der Waals surface area contributed by atoms with Crippen molar-refractivity contribution in [2.45, 2.75) is 25.6 Å². The Bertz CT molecular complexity index is 1160. The predicted octanol–water partition coefficient (Wildman–Crippen LogP) is 3.10. The number of halogens is 1. The van der Waals surface area contributed by atoms with Crippen molar-refractivity contribution in [2.75, 3.05) is 17.7 Å². The van der Waals surface area contributed by atoms with Crippen molar-refractivity contribution in [1.82, 2.24) is 14.3 Å². The second-order valence-corrected chi connectivity index (χ2v) is 9.50. The Labute approximate surface area is 188 Å². The van der Waals surface area contributed by atoms with Gasteiger partial charge in [0.1, 0.15) is 0 Å². The van der Waals surface area contributed by atoms with Crippen LogP contribution in [0.3, 0.4) is 0 Å². The second kappa shape index (κ2) is 9.52. The summed E-state index contributed by atoms with van der Waals surface area (Å²) in [4.78, 5) is 9.40. The molecule has 0 spiro atoms. The Morgan fingerprint density at radius 1 is 1.23 bits per heavy atom. The molecule has 1 N–H and O–H groups in total. The van der Waals surface area contributed by atoms with Crippen molar-refractivity contribution in [3.63, 3.8) is 0 Å². The highest BCUT2D eigenvalue weighted by molar-refractivity contribution is 7.88. The summed E-state index contributed by atoms with van der Waals surface area (Å²) >= 11 is 0. The Morgan fingerprint density at radius 3 is 2.65 bits per heavy atom. The van der Waals surface area contributed by atoms with E-state index in [1.165, 1.54) is 6.26 Å². The highest BCUT2D eigenvalue weighted by Gasteiger charge is 2.33. The molecule has 0 unspecified atom stereocenters. The largest absolute Gasteiger partial charge is 0.364 e. The molecule has 0 bridgehead atoms. The maximum Gasteiger partial charge on any atom is 0.211 e. The average molecular weight is 458 g/mol. The molecular formula is C22H24ClN5O2S. The molecule has 31 heavy (non-hydrogen) atoms. The first-order valence-corrected chi connectivity index (χ1v) is 11.5. The molecule has 1 aliphatic heterocycles. The summed E-state index contributed by atoms with van der Waals surface area (Å²) in [5, 5.41) is 9.35. The van der Waals surface area contributed by atoms with Gasteiger partial charge in [-0.1, -0.05) is 30.3 Å². The van der Waals surface area contributed by atoms with E-state index in [4.69, 9.17) is 0 Å². The minimum absolute atomic E-state index is 0. The van der Waals surface area contributed by atoms with Crippen LogP contribution in [-0.4, -0.2) is 41.5 Å². The number of anilines is 1. The van der Waals surface area contributed by atoms with Crippen LogP contribution in [-0.2, 0) is 29.5 Å². The second-order valence-electron chi connectivity index (χ2n) is 7.56. The fraction of sp³-hybridized carbons (Fsp3) is 0.273. The quantitative estimate of drug-likeness (QED) is 0.635. The summed E-state index contributed by atoms with van der Waals surface area (Å²) in [6.07, 6.45) is 5.27. The Balaban J connectivity index is 0.00000272. The van der Waals surface area contributed by atoms with Crippen LogP contribution in [0.15, 0.2) is 61.1 Å². The van der Waals surface area contributed by atoms with Gasteiger partial charge in [0.05, 0.1) is 36.5 Å². The van der Waals surface area contributed by atoms with Crippen molar-refractivity contribution in [1.29, 1.82) is 5.26 Å².